The van der Waals surface area contributed by atoms with Gasteiger partial charge in [-0.05, 0) is 42.2 Å². The van der Waals surface area contributed by atoms with Crippen LogP contribution in [0.25, 0.3) is 0 Å². The van der Waals surface area contributed by atoms with E-state index in [4.69, 9.17) is 23.2 Å². The summed E-state index contributed by atoms with van der Waals surface area (Å²) in [5, 5.41) is 3.76. The molecule has 0 bridgehead atoms. The molecule has 0 aliphatic heterocycles. The van der Waals surface area contributed by atoms with Crippen LogP contribution in [0.15, 0.2) is 42.5 Å². The van der Waals surface area contributed by atoms with E-state index < -0.39 is 0 Å². The van der Waals surface area contributed by atoms with Crippen molar-refractivity contribution in [2.45, 2.75) is 5.75 Å². The summed E-state index contributed by atoms with van der Waals surface area (Å²) < 4.78 is 0. The lowest BCUT2D eigenvalue weighted by atomic mass is 10.1. The van der Waals surface area contributed by atoms with E-state index in [0.29, 0.717) is 21.3 Å². The van der Waals surface area contributed by atoms with E-state index in [0.717, 1.165) is 5.75 Å². The van der Waals surface area contributed by atoms with Crippen molar-refractivity contribution < 1.29 is 4.79 Å². The van der Waals surface area contributed by atoms with Crippen LogP contribution in [0.3, 0.4) is 0 Å². The van der Waals surface area contributed by atoms with Crippen LogP contribution in [0.5, 0.6) is 0 Å². The number of nitrogens with one attached hydrogen (secondary N) is 1. The normalized spacial score (nSPS) is 10.3. The molecule has 1 N–H and O–H groups in total. The van der Waals surface area contributed by atoms with Gasteiger partial charge < -0.3 is 5.32 Å². The SMILES string of the molecule is CSCc1ccc(C(=O)Nc2cc(Cl)cc(Cl)c2)cc1. The Morgan fingerprint density at radius 3 is 2.25 bits per heavy atom. The van der Waals surface area contributed by atoms with Gasteiger partial charge in [0.05, 0.1) is 0 Å². The Bertz CT molecular complexity index is 594. The highest BCUT2D eigenvalue weighted by atomic mass is 35.5. The number of anilines is 1. The highest BCUT2D eigenvalue weighted by Gasteiger charge is 2.07. The van der Waals surface area contributed by atoms with Gasteiger partial charge in [-0.1, -0.05) is 35.3 Å². The number of carbonyl (C=O) groups excluding carboxylic acids is 1. The van der Waals surface area contributed by atoms with Crippen LogP contribution >= 0.6 is 35.0 Å². The maximum atomic E-state index is 12.1. The Balaban J connectivity index is 2.11. The summed E-state index contributed by atoms with van der Waals surface area (Å²) in [6.07, 6.45) is 2.05. The lowest BCUT2D eigenvalue weighted by Gasteiger charge is -2.07. The van der Waals surface area contributed by atoms with E-state index in [1.807, 2.05) is 30.5 Å². The minimum absolute atomic E-state index is 0.181. The maximum absolute atomic E-state index is 12.1. The van der Waals surface area contributed by atoms with Crippen molar-refractivity contribution in [3.63, 3.8) is 0 Å². The van der Waals surface area contributed by atoms with Crippen LogP contribution in [-0.4, -0.2) is 12.2 Å². The summed E-state index contributed by atoms with van der Waals surface area (Å²) in [6, 6.07) is 12.5. The first-order valence-corrected chi connectivity index (χ1v) is 8.09. The zero-order valence-corrected chi connectivity index (χ0v) is 13.1. The standard InChI is InChI=1S/C15H13Cl2NOS/c1-20-9-10-2-4-11(5-3-10)15(19)18-14-7-12(16)6-13(17)8-14/h2-8H,9H2,1H3,(H,18,19). The number of hydrogen-bond donors (Lipinski definition) is 1. The fraction of sp³-hybridized carbons (Fsp3) is 0.133. The number of hydrogen-bond acceptors (Lipinski definition) is 2. The van der Waals surface area contributed by atoms with Gasteiger partial charge in [-0.25, -0.2) is 0 Å². The van der Waals surface area contributed by atoms with Crippen LogP contribution in [0.2, 0.25) is 10.0 Å². The summed E-state index contributed by atoms with van der Waals surface area (Å²) >= 11 is 13.5. The maximum Gasteiger partial charge on any atom is 0.255 e. The van der Waals surface area contributed by atoms with Gasteiger partial charge in [0.1, 0.15) is 0 Å². The van der Waals surface area contributed by atoms with Gasteiger partial charge in [0, 0.05) is 27.0 Å². The second-order valence-electron chi connectivity index (χ2n) is 4.24. The Kier molecular flexibility index (Phi) is 5.35. The molecule has 0 unspecified atom stereocenters. The first-order valence-electron chi connectivity index (χ1n) is 5.94. The van der Waals surface area contributed by atoms with Gasteiger partial charge >= 0.3 is 0 Å². The molecule has 0 radical (unpaired) electrons. The molecule has 104 valence electrons. The molecule has 0 saturated heterocycles. The lowest BCUT2D eigenvalue weighted by molar-refractivity contribution is 0.102. The molecule has 0 saturated carbocycles. The van der Waals surface area contributed by atoms with E-state index in [1.165, 1.54) is 5.56 Å². The summed E-state index contributed by atoms with van der Waals surface area (Å²) in [5.74, 6) is 0.755. The Hall–Kier alpha value is -1.16. The Morgan fingerprint density at radius 2 is 1.70 bits per heavy atom. The van der Waals surface area contributed by atoms with Crippen LogP contribution in [-0.2, 0) is 5.75 Å². The van der Waals surface area contributed by atoms with Gasteiger partial charge in [0.15, 0.2) is 0 Å². The summed E-state index contributed by atoms with van der Waals surface area (Å²) in [7, 11) is 0. The van der Waals surface area contributed by atoms with Crippen LogP contribution < -0.4 is 5.32 Å². The molecule has 2 aromatic carbocycles. The van der Waals surface area contributed by atoms with Crippen molar-refractivity contribution in [2.75, 3.05) is 11.6 Å². The quantitative estimate of drug-likeness (QED) is 0.846. The Morgan fingerprint density at radius 1 is 1.10 bits per heavy atom. The van der Waals surface area contributed by atoms with Crippen LogP contribution in [0.1, 0.15) is 15.9 Å². The van der Waals surface area contributed by atoms with Gasteiger partial charge in [-0.3, -0.25) is 4.79 Å². The van der Waals surface area contributed by atoms with Crippen molar-refractivity contribution in [3.05, 3.63) is 63.6 Å². The molecular formula is C15H13Cl2NOS. The molecule has 1 amide bonds. The highest BCUT2D eigenvalue weighted by Crippen LogP contribution is 2.23. The highest BCUT2D eigenvalue weighted by molar-refractivity contribution is 7.97. The average Bonchev–Trinajstić information content (AvgIpc) is 2.38. The van der Waals surface area contributed by atoms with E-state index in [1.54, 1.807) is 30.0 Å². The van der Waals surface area contributed by atoms with E-state index in [9.17, 15) is 4.79 Å². The van der Waals surface area contributed by atoms with Crippen molar-refractivity contribution in [1.29, 1.82) is 0 Å². The molecule has 0 fully saturated rings. The summed E-state index contributed by atoms with van der Waals surface area (Å²) in [6.45, 7) is 0. The minimum atomic E-state index is -0.181. The fourth-order valence-electron chi connectivity index (χ4n) is 1.75. The number of rotatable bonds is 4. The molecule has 2 rings (SSSR count). The monoisotopic (exact) mass is 325 g/mol. The van der Waals surface area contributed by atoms with Crippen molar-refractivity contribution in [1.82, 2.24) is 0 Å². The van der Waals surface area contributed by atoms with E-state index in [2.05, 4.69) is 5.32 Å². The van der Waals surface area contributed by atoms with Crippen molar-refractivity contribution >= 4 is 46.6 Å². The third-order valence-corrected chi connectivity index (χ3v) is 3.71. The van der Waals surface area contributed by atoms with Gasteiger partial charge in [-0.15, -0.1) is 0 Å². The van der Waals surface area contributed by atoms with E-state index >= 15 is 0 Å². The summed E-state index contributed by atoms with van der Waals surface area (Å²) in [5.41, 5.74) is 2.38. The smallest absolute Gasteiger partial charge is 0.255 e. The van der Waals surface area contributed by atoms with Gasteiger partial charge in [0.2, 0.25) is 0 Å². The van der Waals surface area contributed by atoms with Gasteiger partial charge in [-0.2, -0.15) is 11.8 Å². The molecule has 2 nitrogen and oxygen atoms in total. The van der Waals surface area contributed by atoms with Crippen LogP contribution in [0.4, 0.5) is 5.69 Å². The van der Waals surface area contributed by atoms with E-state index in [-0.39, 0.29) is 5.91 Å². The predicted molar refractivity (Wildman–Crippen MR) is 88.1 cm³/mol. The molecule has 5 heteroatoms. The molecule has 20 heavy (non-hydrogen) atoms. The largest absolute Gasteiger partial charge is 0.322 e. The number of amides is 1. The zero-order valence-electron chi connectivity index (χ0n) is 10.8. The third kappa shape index (κ3) is 4.17. The number of halogens is 2. The molecule has 0 aliphatic carbocycles. The zero-order chi connectivity index (χ0) is 14.5. The lowest BCUT2D eigenvalue weighted by Crippen LogP contribution is -2.11. The summed E-state index contributed by atoms with van der Waals surface area (Å²) in [4.78, 5) is 12.1. The predicted octanol–water partition coefficient (Wildman–Crippen LogP) is 5.11. The van der Waals surface area contributed by atoms with Gasteiger partial charge in [0.25, 0.3) is 5.91 Å². The molecule has 0 atom stereocenters. The number of thioether (sulfide) groups is 1. The second-order valence-corrected chi connectivity index (χ2v) is 5.98. The Labute approximate surface area is 132 Å². The van der Waals surface area contributed by atoms with Crippen LogP contribution in [0, 0.1) is 0 Å². The first-order chi connectivity index (χ1) is 9.58. The van der Waals surface area contributed by atoms with Crippen molar-refractivity contribution in [2.24, 2.45) is 0 Å². The minimum Gasteiger partial charge on any atom is -0.322 e. The second kappa shape index (κ2) is 7.02. The molecule has 0 spiro atoms. The number of benzene rings is 2. The molecule has 0 aromatic heterocycles. The third-order valence-electron chi connectivity index (χ3n) is 2.65. The first kappa shape index (κ1) is 15.2. The average molecular weight is 326 g/mol. The van der Waals surface area contributed by atoms with Crippen molar-refractivity contribution in [3.8, 4) is 0 Å². The topological polar surface area (TPSA) is 29.1 Å². The molecule has 2 aromatic rings. The fourth-order valence-corrected chi connectivity index (χ4v) is 2.80. The molecular weight excluding hydrogens is 313 g/mol. The number of carbonyl (C=O) groups is 1. The molecule has 0 aliphatic rings. The molecule has 0 heterocycles.